The molecular weight excluding hydrogens is 454 g/mol. The third-order valence-corrected chi connectivity index (χ3v) is 6.64. The first-order valence-corrected chi connectivity index (χ1v) is 12.6. The number of hydrogen-bond acceptors (Lipinski definition) is 8. The Morgan fingerprint density at radius 1 is 1.11 bits per heavy atom. The molecule has 2 aliphatic rings. The molecule has 0 radical (unpaired) electrons. The monoisotopic (exact) mass is 483 g/mol. The van der Waals surface area contributed by atoms with Gasteiger partial charge in [0.05, 0.1) is 36.3 Å². The Bertz CT molecular complexity index is 1390. The van der Waals surface area contributed by atoms with Crippen LogP contribution >= 0.6 is 0 Å². The van der Waals surface area contributed by atoms with Crippen molar-refractivity contribution >= 4 is 34.1 Å². The van der Waals surface area contributed by atoms with E-state index in [2.05, 4.69) is 44.3 Å². The molecule has 1 aromatic carbocycles. The molecule has 1 saturated carbocycles. The van der Waals surface area contributed by atoms with Crippen molar-refractivity contribution in [1.29, 1.82) is 0 Å². The van der Waals surface area contributed by atoms with E-state index in [0.29, 0.717) is 37.1 Å². The van der Waals surface area contributed by atoms with Gasteiger partial charge in [-0.15, -0.1) is 0 Å². The summed E-state index contributed by atoms with van der Waals surface area (Å²) >= 11 is 0. The number of anilines is 3. The van der Waals surface area contributed by atoms with Gasteiger partial charge < -0.3 is 15.0 Å². The number of rotatable bonds is 8. The molecule has 1 N–H and O–H groups in total. The molecule has 0 amide bonds. The van der Waals surface area contributed by atoms with Gasteiger partial charge in [-0.25, -0.2) is 4.98 Å². The molecule has 9 nitrogen and oxygen atoms in total. The van der Waals surface area contributed by atoms with Crippen LogP contribution in [-0.2, 0) is 11.3 Å². The number of ketones is 1. The summed E-state index contributed by atoms with van der Waals surface area (Å²) in [7, 11) is 0. The Morgan fingerprint density at radius 2 is 1.97 bits per heavy atom. The molecule has 3 aromatic heterocycles. The number of nitrogens with zero attached hydrogens (tertiary/aromatic N) is 6. The highest BCUT2D eigenvalue weighted by Gasteiger charge is 2.22. The van der Waals surface area contributed by atoms with E-state index in [1.807, 2.05) is 19.1 Å². The molecule has 1 saturated heterocycles. The summed E-state index contributed by atoms with van der Waals surface area (Å²) in [6.07, 6.45) is 6.83. The molecule has 4 heterocycles. The number of morpholine rings is 1. The van der Waals surface area contributed by atoms with Gasteiger partial charge in [0.2, 0.25) is 5.95 Å². The van der Waals surface area contributed by atoms with Crippen molar-refractivity contribution in [2.24, 2.45) is 5.92 Å². The molecule has 9 heteroatoms. The summed E-state index contributed by atoms with van der Waals surface area (Å²) in [5.41, 5.74) is 4.06. The predicted octanol–water partition coefficient (Wildman–Crippen LogP) is 4.47. The van der Waals surface area contributed by atoms with Gasteiger partial charge in [-0.2, -0.15) is 10.1 Å². The molecular formula is C27H29N7O2. The van der Waals surface area contributed by atoms with E-state index in [1.165, 1.54) is 12.8 Å². The quantitative estimate of drug-likeness (QED) is 0.367. The first-order valence-electron chi connectivity index (χ1n) is 12.6. The SMILES string of the molecule is CCC(=O)c1ccc(Nc2cc(-c3ccc4nn(CC5CC5)cc4c3)nc(N3CCOCC3)n2)cn1. The summed E-state index contributed by atoms with van der Waals surface area (Å²) in [6.45, 7) is 5.61. The fraction of sp³-hybridized carbons (Fsp3) is 0.370. The highest BCUT2D eigenvalue weighted by Crippen LogP contribution is 2.32. The van der Waals surface area contributed by atoms with Crippen LogP contribution in [0.2, 0.25) is 0 Å². The lowest BCUT2D eigenvalue weighted by atomic mass is 10.1. The van der Waals surface area contributed by atoms with Gasteiger partial charge in [0.25, 0.3) is 0 Å². The number of benzene rings is 1. The number of pyridine rings is 1. The number of aromatic nitrogens is 5. The zero-order valence-electron chi connectivity index (χ0n) is 20.4. The lowest BCUT2D eigenvalue weighted by Crippen LogP contribution is -2.37. The van der Waals surface area contributed by atoms with Gasteiger partial charge in [-0.1, -0.05) is 13.0 Å². The van der Waals surface area contributed by atoms with Gasteiger partial charge in [-0.3, -0.25) is 14.5 Å². The molecule has 2 fully saturated rings. The first kappa shape index (κ1) is 22.6. The number of fused-ring (bicyclic) bond motifs is 1. The third kappa shape index (κ3) is 4.92. The maximum Gasteiger partial charge on any atom is 0.228 e. The second kappa shape index (κ2) is 9.66. The molecule has 0 atom stereocenters. The van der Waals surface area contributed by atoms with E-state index in [4.69, 9.17) is 19.8 Å². The largest absolute Gasteiger partial charge is 0.378 e. The zero-order chi connectivity index (χ0) is 24.5. The molecule has 0 spiro atoms. The van der Waals surface area contributed by atoms with Crippen molar-refractivity contribution in [3.63, 3.8) is 0 Å². The minimum absolute atomic E-state index is 0.0244. The molecule has 4 aromatic rings. The van der Waals surface area contributed by atoms with E-state index in [1.54, 1.807) is 12.3 Å². The Morgan fingerprint density at radius 3 is 2.72 bits per heavy atom. The van der Waals surface area contributed by atoms with Gasteiger partial charge in [-0.05, 0) is 43.0 Å². The number of carbonyl (C=O) groups is 1. The van der Waals surface area contributed by atoms with Crippen LogP contribution in [0.1, 0.15) is 36.7 Å². The average molecular weight is 484 g/mol. The second-order valence-electron chi connectivity index (χ2n) is 9.44. The summed E-state index contributed by atoms with van der Waals surface area (Å²) in [5.74, 6) is 2.13. The van der Waals surface area contributed by atoms with E-state index < -0.39 is 0 Å². The van der Waals surface area contributed by atoms with E-state index in [9.17, 15) is 4.79 Å². The predicted molar refractivity (Wildman–Crippen MR) is 139 cm³/mol. The Kier molecular flexibility index (Phi) is 6.06. The lowest BCUT2D eigenvalue weighted by Gasteiger charge is -2.27. The molecule has 184 valence electrons. The molecule has 0 bridgehead atoms. The summed E-state index contributed by atoms with van der Waals surface area (Å²) < 4.78 is 7.59. The minimum atomic E-state index is 0.0244. The Balaban J connectivity index is 1.33. The minimum Gasteiger partial charge on any atom is -0.378 e. The smallest absolute Gasteiger partial charge is 0.228 e. The van der Waals surface area contributed by atoms with E-state index in [0.717, 1.165) is 53.4 Å². The summed E-state index contributed by atoms with van der Waals surface area (Å²) in [5, 5.41) is 9.19. The van der Waals surface area contributed by atoms with Crippen LogP contribution in [0.4, 0.5) is 17.5 Å². The Labute approximate surface area is 209 Å². The fourth-order valence-electron chi connectivity index (χ4n) is 4.41. The third-order valence-electron chi connectivity index (χ3n) is 6.64. The first-order chi connectivity index (χ1) is 17.6. The maximum atomic E-state index is 11.9. The molecule has 0 unspecified atom stereocenters. The van der Waals surface area contributed by atoms with E-state index in [-0.39, 0.29) is 5.78 Å². The van der Waals surface area contributed by atoms with Crippen molar-refractivity contribution in [2.45, 2.75) is 32.7 Å². The average Bonchev–Trinajstić information content (AvgIpc) is 3.64. The maximum absolute atomic E-state index is 11.9. The highest BCUT2D eigenvalue weighted by molar-refractivity contribution is 5.94. The molecule has 36 heavy (non-hydrogen) atoms. The van der Waals surface area contributed by atoms with Gasteiger partial charge in [0, 0.05) is 49.3 Å². The van der Waals surface area contributed by atoms with Crippen LogP contribution in [-0.4, -0.2) is 56.8 Å². The zero-order valence-corrected chi connectivity index (χ0v) is 20.4. The van der Waals surface area contributed by atoms with Crippen LogP contribution in [0, 0.1) is 5.92 Å². The molecule has 1 aliphatic heterocycles. The molecule has 6 rings (SSSR count). The van der Waals surface area contributed by atoms with Crippen LogP contribution in [0.25, 0.3) is 22.2 Å². The normalized spacial score (nSPS) is 15.9. The molecule has 1 aliphatic carbocycles. The fourth-order valence-corrected chi connectivity index (χ4v) is 4.41. The van der Waals surface area contributed by atoms with Gasteiger partial charge >= 0.3 is 0 Å². The van der Waals surface area contributed by atoms with Crippen LogP contribution in [0.5, 0.6) is 0 Å². The second-order valence-corrected chi connectivity index (χ2v) is 9.44. The van der Waals surface area contributed by atoms with E-state index >= 15 is 0 Å². The number of ether oxygens (including phenoxy) is 1. The number of Topliss-reactive ketones (excluding diaryl/α,β-unsaturated/α-hetero) is 1. The van der Waals surface area contributed by atoms with Crippen molar-refractivity contribution in [3.8, 4) is 11.3 Å². The van der Waals surface area contributed by atoms with Crippen molar-refractivity contribution in [2.75, 3.05) is 36.5 Å². The standard InChI is InChI=1S/C27H29N7O2/c1-2-25(35)23-8-6-21(15-28-23)29-26-14-24(30-27(31-26)33-9-11-36-12-10-33)19-5-7-22-20(13-19)17-34(32-22)16-18-3-4-18/h5-8,13-15,17-18H,2-4,9-12,16H2,1H3,(H,29,30,31). The van der Waals surface area contributed by atoms with Gasteiger partial charge in [0.15, 0.2) is 5.78 Å². The summed E-state index contributed by atoms with van der Waals surface area (Å²) in [4.78, 5) is 28.1. The van der Waals surface area contributed by atoms with Crippen molar-refractivity contribution in [1.82, 2.24) is 24.7 Å². The van der Waals surface area contributed by atoms with Crippen LogP contribution in [0.15, 0.2) is 48.8 Å². The number of nitrogens with one attached hydrogen (secondary N) is 1. The van der Waals surface area contributed by atoms with Gasteiger partial charge in [0.1, 0.15) is 11.5 Å². The summed E-state index contributed by atoms with van der Waals surface area (Å²) in [6, 6.07) is 11.8. The topological polar surface area (TPSA) is 98.1 Å². The highest BCUT2D eigenvalue weighted by atomic mass is 16.5. The van der Waals surface area contributed by atoms with Crippen LogP contribution < -0.4 is 10.2 Å². The Hall–Kier alpha value is -3.85. The lowest BCUT2D eigenvalue weighted by molar-refractivity contribution is 0.0983. The van der Waals surface area contributed by atoms with Crippen LogP contribution in [0.3, 0.4) is 0 Å². The van der Waals surface area contributed by atoms with Crippen molar-refractivity contribution in [3.05, 3.63) is 54.5 Å². The number of carbonyl (C=O) groups excluding carboxylic acids is 1. The number of hydrogen-bond donors (Lipinski definition) is 1. The van der Waals surface area contributed by atoms with Crippen molar-refractivity contribution < 1.29 is 9.53 Å².